The molecule has 1 aliphatic carbocycles. The van der Waals surface area contributed by atoms with Gasteiger partial charge in [-0.15, -0.1) is 11.3 Å². The molecule has 11 aromatic rings. The maximum Gasteiger partial charge on any atom is 0.108 e. The van der Waals surface area contributed by atoms with E-state index in [1.54, 1.807) is 11.3 Å². The lowest BCUT2D eigenvalue weighted by Crippen LogP contribution is -2.31. The predicted molar refractivity (Wildman–Crippen MR) is 292 cm³/mol. The lowest BCUT2D eigenvalue weighted by molar-refractivity contribution is 0.490. The fourth-order valence-corrected chi connectivity index (χ4v) is 12.7. The molecule has 8 aromatic carbocycles. The zero-order chi connectivity index (χ0) is 46.9. The Morgan fingerprint density at radius 1 is 0.507 bits per heavy atom. The van der Waals surface area contributed by atoms with Crippen LogP contribution in [0.3, 0.4) is 0 Å². The van der Waals surface area contributed by atoms with Crippen LogP contribution in [0.15, 0.2) is 194 Å². The molecule has 3 nitrogen and oxygen atoms in total. The summed E-state index contributed by atoms with van der Waals surface area (Å²) in [7, 11) is 0. The van der Waals surface area contributed by atoms with Crippen LogP contribution in [0, 0.1) is 20.8 Å². The monoisotopic (exact) mass is 907 g/mol. The van der Waals surface area contributed by atoms with Crippen molar-refractivity contribution in [2.24, 2.45) is 0 Å². The van der Waals surface area contributed by atoms with Gasteiger partial charge < -0.3 is 4.57 Å². The van der Waals surface area contributed by atoms with E-state index in [9.17, 15) is 0 Å². The Morgan fingerprint density at radius 3 is 1.52 bits per heavy atom. The molecule has 0 saturated heterocycles. The van der Waals surface area contributed by atoms with Crippen molar-refractivity contribution in [1.29, 1.82) is 0 Å². The molecule has 0 bridgehead atoms. The number of nitrogens with zero attached hydrogens (tertiary/aromatic N) is 3. The van der Waals surface area contributed by atoms with Crippen LogP contribution in [0.4, 0.5) is 0 Å². The number of rotatable bonds is 10. The summed E-state index contributed by atoms with van der Waals surface area (Å²) in [6.45, 7) is 11.2. The maximum atomic E-state index is 4.95. The van der Waals surface area contributed by atoms with E-state index < -0.39 is 5.41 Å². The molecule has 0 N–H and O–H groups in total. The first-order valence-electron chi connectivity index (χ1n) is 24.3. The Labute approximate surface area is 409 Å². The Morgan fingerprint density at radius 2 is 0.986 bits per heavy atom. The zero-order valence-electron chi connectivity index (χ0n) is 39.8. The molecule has 0 spiro atoms. The molecular weight excluding hydrogens is 855 g/mol. The van der Waals surface area contributed by atoms with Crippen LogP contribution in [0.1, 0.15) is 87.2 Å². The van der Waals surface area contributed by atoms with Crippen molar-refractivity contribution in [2.45, 2.75) is 58.3 Å². The first-order valence-corrected chi connectivity index (χ1v) is 25.1. The minimum absolute atomic E-state index is 0.0975. The fourth-order valence-electron chi connectivity index (χ4n) is 11.6. The van der Waals surface area contributed by atoms with Crippen LogP contribution >= 0.6 is 11.3 Å². The molecule has 3 aromatic heterocycles. The molecule has 0 amide bonds. The first-order chi connectivity index (χ1) is 33.8. The molecule has 69 heavy (non-hydrogen) atoms. The third-order valence-electron chi connectivity index (χ3n) is 15.2. The van der Waals surface area contributed by atoms with Gasteiger partial charge in [-0.3, -0.25) is 9.97 Å². The molecule has 0 fully saturated rings. The highest BCUT2D eigenvalue weighted by atomic mass is 32.1. The second-order valence-corrected chi connectivity index (χ2v) is 20.1. The van der Waals surface area contributed by atoms with Crippen LogP contribution < -0.4 is 0 Å². The molecular formula is C65H53N3S. The molecule has 0 unspecified atom stereocenters. The minimum Gasteiger partial charge on any atom is -0.309 e. The SMILES string of the molecule is CCC1(CC)c2cc(/C=C/c3sc(-c4ccc(C(c5ccc(C)cc5)(c5ccc(C)cc5)c5ccc(C)cc5)cc4)c4nccnc34)ccc2-c2ccc(-n3c4ccccc4c4ccccc43)cc21. The van der Waals surface area contributed by atoms with Gasteiger partial charge in [-0.25, -0.2) is 0 Å². The second kappa shape index (κ2) is 16.8. The Hall–Kier alpha value is -7.66. The summed E-state index contributed by atoms with van der Waals surface area (Å²) < 4.78 is 2.45. The van der Waals surface area contributed by atoms with Gasteiger partial charge in [-0.1, -0.05) is 194 Å². The first kappa shape index (κ1) is 42.7. The van der Waals surface area contributed by atoms with E-state index in [-0.39, 0.29) is 5.41 Å². The van der Waals surface area contributed by atoms with Crippen molar-refractivity contribution in [3.05, 3.63) is 255 Å². The van der Waals surface area contributed by atoms with Crippen molar-refractivity contribution < 1.29 is 0 Å². The largest absolute Gasteiger partial charge is 0.309 e. The summed E-state index contributed by atoms with van der Waals surface area (Å²) in [5.41, 5.74) is 21.4. The molecule has 0 radical (unpaired) electrons. The number of benzene rings is 8. The number of para-hydroxylation sites is 2. The Bertz CT molecular complexity index is 3590. The van der Waals surface area contributed by atoms with E-state index in [1.807, 2.05) is 12.4 Å². The lowest BCUT2D eigenvalue weighted by atomic mass is 9.65. The minimum atomic E-state index is -0.530. The van der Waals surface area contributed by atoms with Crippen molar-refractivity contribution in [3.63, 3.8) is 0 Å². The molecule has 3 heterocycles. The quantitative estimate of drug-likeness (QED) is 0.128. The molecule has 12 rings (SSSR count). The number of thiophene rings is 1. The molecule has 0 atom stereocenters. The average molecular weight is 908 g/mol. The lowest BCUT2D eigenvalue weighted by Gasteiger charge is -2.37. The average Bonchev–Trinajstić information content (AvgIpc) is 4.03. The van der Waals surface area contributed by atoms with E-state index >= 15 is 0 Å². The van der Waals surface area contributed by atoms with Gasteiger partial charge in [0.2, 0.25) is 0 Å². The molecule has 1 aliphatic rings. The fraction of sp³-hybridized carbons (Fsp3) is 0.138. The third kappa shape index (κ3) is 6.76. The van der Waals surface area contributed by atoms with Crippen LogP contribution in [0.5, 0.6) is 0 Å². The van der Waals surface area contributed by atoms with E-state index in [4.69, 9.17) is 9.97 Å². The van der Waals surface area contributed by atoms with E-state index in [0.29, 0.717) is 0 Å². The molecule has 4 heteroatoms. The summed E-state index contributed by atoms with van der Waals surface area (Å²) in [6.07, 6.45) is 10.2. The predicted octanol–water partition coefficient (Wildman–Crippen LogP) is 17.0. The van der Waals surface area contributed by atoms with Crippen LogP contribution in [-0.2, 0) is 10.8 Å². The topological polar surface area (TPSA) is 30.7 Å². The summed E-state index contributed by atoms with van der Waals surface area (Å²) in [5, 5.41) is 2.57. The highest BCUT2D eigenvalue weighted by molar-refractivity contribution is 7.18. The van der Waals surface area contributed by atoms with Crippen molar-refractivity contribution in [3.8, 4) is 27.3 Å². The van der Waals surface area contributed by atoms with Gasteiger partial charge in [-0.05, 0) is 120 Å². The van der Waals surface area contributed by atoms with Crippen molar-refractivity contribution in [2.75, 3.05) is 0 Å². The standard InChI is InChI=1S/C65H53N3S/c1-6-64(7-2)56-40-45(22-35-52(56)53-36-34-51(41-57(53)64)68-58-14-10-8-12-54(58)55-13-9-11-15-59(55)68)23-37-60-61-62(67-39-38-66-61)63(69-60)46-24-32-50(33-25-46)65(47-26-16-42(3)17-27-47,48-28-18-43(4)19-29-48)49-30-20-44(5)21-31-49/h8-41H,6-7H2,1-5H3/b37-23+. The Kier molecular flexibility index (Phi) is 10.4. The van der Waals surface area contributed by atoms with E-state index in [2.05, 4.69) is 233 Å². The van der Waals surface area contributed by atoms with Gasteiger partial charge in [0.05, 0.1) is 26.2 Å². The van der Waals surface area contributed by atoms with Gasteiger partial charge in [-0.2, -0.15) is 0 Å². The van der Waals surface area contributed by atoms with Crippen molar-refractivity contribution >= 4 is 56.3 Å². The van der Waals surface area contributed by atoms with Gasteiger partial charge in [0.15, 0.2) is 0 Å². The summed E-state index contributed by atoms with van der Waals surface area (Å²) >= 11 is 1.76. The molecule has 0 aliphatic heterocycles. The van der Waals surface area contributed by atoms with Crippen LogP contribution in [-0.4, -0.2) is 14.5 Å². The third-order valence-corrected chi connectivity index (χ3v) is 16.4. The number of aryl methyl sites for hydroxylation is 3. The van der Waals surface area contributed by atoms with Gasteiger partial charge >= 0.3 is 0 Å². The number of aromatic nitrogens is 3. The molecule has 0 saturated carbocycles. The van der Waals surface area contributed by atoms with Gasteiger partial charge in [0, 0.05) is 34.3 Å². The summed E-state index contributed by atoms with van der Waals surface area (Å²) in [4.78, 5) is 12.1. The van der Waals surface area contributed by atoms with E-state index in [1.165, 1.54) is 94.3 Å². The highest BCUT2D eigenvalue weighted by Crippen LogP contribution is 2.54. The molecule has 334 valence electrons. The number of hydrogen-bond donors (Lipinski definition) is 0. The van der Waals surface area contributed by atoms with Crippen LogP contribution in [0.2, 0.25) is 0 Å². The van der Waals surface area contributed by atoms with Crippen LogP contribution in [0.25, 0.3) is 72.2 Å². The van der Waals surface area contributed by atoms with Gasteiger partial charge in [0.1, 0.15) is 11.0 Å². The van der Waals surface area contributed by atoms with Gasteiger partial charge in [0.25, 0.3) is 0 Å². The summed E-state index contributed by atoms with van der Waals surface area (Å²) in [5.74, 6) is 0. The Balaban J connectivity index is 0.914. The zero-order valence-corrected chi connectivity index (χ0v) is 40.6. The van der Waals surface area contributed by atoms with Crippen molar-refractivity contribution in [1.82, 2.24) is 14.5 Å². The number of hydrogen-bond acceptors (Lipinski definition) is 3. The summed E-state index contributed by atoms with van der Waals surface area (Å²) in [6, 6.07) is 68.3. The van der Waals surface area contributed by atoms with E-state index in [0.717, 1.165) is 39.2 Å². The highest BCUT2D eigenvalue weighted by Gasteiger charge is 2.41. The smallest absolute Gasteiger partial charge is 0.108 e. The second-order valence-electron chi connectivity index (χ2n) is 19.0. The maximum absolute atomic E-state index is 4.95. The normalized spacial score (nSPS) is 13.2. The number of fused-ring (bicyclic) bond motifs is 7.